The van der Waals surface area contributed by atoms with Gasteiger partial charge in [-0.05, 0) is 0 Å². The maximum Gasteiger partial charge on any atom is 0.233 e. The first-order valence-corrected chi connectivity index (χ1v) is 4.69. The van der Waals surface area contributed by atoms with Crippen LogP contribution in [-0.4, -0.2) is 24.1 Å². The summed E-state index contributed by atoms with van der Waals surface area (Å²) in [5, 5.41) is 7.80. The van der Waals surface area contributed by atoms with Gasteiger partial charge in [-0.15, -0.1) is 0 Å². The third kappa shape index (κ3) is 1.96. The summed E-state index contributed by atoms with van der Waals surface area (Å²) >= 11 is 1.22. The summed E-state index contributed by atoms with van der Waals surface area (Å²) in [6.07, 6.45) is 1.64. The van der Waals surface area contributed by atoms with Gasteiger partial charge in [0.1, 0.15) is 6.33 Å². The number of nitrogens with zero attached hydrogens (tertiary/aromatic N) is 5. The molecule has 0 bridgehead atoms. The van der Waals surface area contributed by atoms with Crippen LogP contribution in [0.2, 0.25) is 0 Å². The van der Waals surface area contributed by atoms with Gasteiger partial charge in [0.2, 0.25) is 11.1 Å². The Morgan fingerprint density at radius 2 is 2.50 bits per heavy atom. The minimum Gasteiger partial charge on any atom is -0.367 e. The number of anilines is 2. The van der Waals surface area contributed by atoms with Crippen molar-refractivity contribution in [3.63, 3.8) is 0 Å². The zero-order chi connectivity index (χ0) is 9.97. The van der Waals surface area contributed by atoms with E-state index in [2.05, 4.69) is 24.8 Å². The van der Waals surface area contributed by atoms with E-state index in [4.69, 9.17) is 5.73 Å². The van der Waals surface area contributed by atoms with Gasteiger partial charge in [0.05, 0.1) is 6.54 Å². The topological polar surface area (TPSA) is 94.5 Å². The summed E-state index contributed by atoms with van der Waals surface area (Å²) in [5.41, 5.74) is 5.36. The van der Waals surface area contributed by atoms with E-state index in [0.717, 1.165) is 0 Å². The number of aryl methyl sites for hydroxylation is 1. The Morgan fingerprint density at radius 1 is 1.64 bits per heavy atom. The zero-order valence-corrected chi connectivity index (χ0v) is 8.32. The molecule has 2 aromatic heterocycles. The van der Waals surface area contributed by atoms with E-state index in [-0.39, 0.29) is 5.95 Å². The first kappa shape index (κ1) is 8.88. The number of aromatic nitrogens is 5. The van der Waals surface area contributed by atoms with Crippen LogP contribution in [0.5, 0.6) is 0 Å². The number of hydrogen-bond donors (Lipinski definition) is 2. The molecule has 14 heavy (non-hydrogen) atoms. The van der Waals surface area contributed by atoms with Crippen molar-refractivity contribution in [1.29, 1.82) is 0 Å². The number of rotatable bonds is 3. The van der Waals surface area contributed by atoms with E-state index in [0.29, 0.717) is 17.5 Å². The van der Waals surface area contributed by atoms with Crippen molar-refractivity contribution >= 4 is 22.6 Å². The number of nitrogens with two attached hydrogens (primary N) is 1. The van der Waals surface area contributed by atoms with E-state index in [1.165, 1.54) is 11.5 Å². The van der Waals surface area contributed by atoms with Crippen LogP contribution in [-0.2, 0) is 13.6 Å². The molecule has 0 saturated carbocycles. The fourth-order valence-electron chi connectivity index (χ4n) is 0.926. The summed E-state index contributed by atoms with van der Waals surface area (Å²) < 4.78 is 5.48. The second kappa shape index (κ2) is 3.58. The van der Waals surface area contributed by atoms with E-state index in [1.807, 2.05) is 7.05 Å². The van der Waals surface area contributed by atoms with Crippen molar-refractivity contribution in [2.45, 2.75) is 6.54 Å². The van der Waals surface area contributed by atoms with Gasteiger partial charge in [-0.25, -0.2) is 4.98 Å². The second-order valence-corrected chi connectivity index (χ2v) is 3.40. The van der Waals surface area contributed by atoms with Crippen LogP contribution in [0.4, 0.5) is 11.1 Å². The highest BCUT2D eigenvalue weighted by molar-refractivity contribution is 7.09. The molecule has 2 rings (SSSR count). The lowest BCUT2D eigenvalue weighted by Gasteiger charge is -1.95. The largest absolute Gasteiger partial charge is 0.367 e. The van der Waals surface area contributed by atoms with Crippen molar-refractivity contribution in [2.75, 3.05) is 11.1 Å². The first-order chi connectivity index (χ1) is 6.74. The summed E-state index contributed by atoms with van der Waals surface area (Å²) in [7, 11) is 1.82. The maximum atomic E-state index is 5.36. The van der Waals surface area contributed by atoms with Crippen molar-refractivity contribution in [1.82, 2.24) is 24.1 Å². The Labute approximate surface area is 84.2 Å². The van der Waals surface area contributed by atoms with Crippen LogP contribution in [0, 0.1) is 0 Å². The van der Waals surface area contributed by atoms with Gasteiger partial charge >= 0.3 is 0 Å². The van der Waals surface area contributed by atoms with Crippen LogP contribution in [0.1, 0.15) is 5.82 Å². The van der Waals surface area contributed by atoms with E-state index in [1.54, 1.807) is 11.0 Å². The fourth-order valence-corrected chi connectivity index (χ4v) is 1.42. The molecule has 0 amide bonds. The normalized spacial score (nSPS) is 10.4. The van der Waals surface area contributed by atoms with Gasteiger partial charge in [-0.3, -0.25) is 4.68 Å². The molecule has 2 heterocycles. The predicted octanol–water partition coefficient (Wildman–Crippen LogP) is -0.139. The molecule has 8 heteroatoms. The minimum absolute atomic E-state index is 0.284. The average Bonchev–Trinajstić information content (AvgIpc) is 2.72. The third-order valence-corrected chi connectivity index (χ3v) is 2.17. The Morgan fingerprint density at radius 3 is 3.07 bits per heavy atom. The smallest absolute Gasteiger partial charge is 0.233 e. The highest BCUT2D eigenvalue weighted by Crippen LogP contribution is 2.11. The lowest BCUT2D eigenvalue weighted by molar-refractivity contribution is 0.747. The molecule has 0 unspecified atom stereocenters. The quantitative estimate of drug-likeness (QED) is 0.733. The van der Waals surface area contributed by atoms with Gasteiger partial charge in [0.15, 0.2) is 5.82 Å². The molecular weight excluding hydrogens is 202 g/mol. The van der Waals surface area contributed by atoms with Gasteiger partial charge < -0.3 is 11.1 Å². The molecule has 0 fully saturated rings. The molecule has 0 atom stereocenters. The Kier molecular flexibility index (Phi) is 2.27. The van der Waals surface area contributed by atoms with Crippen molar-refractivity contribution in [3.8, 4) is 0 Å². The standard InChI is InChI=1S/C6H9N7S/c1-13-3-9-4(11-13)2-8-6-10-5(7)12-14-6/h3H,2H2,1H3,(H3,7,8,10,12). The first-order valence-electron chi connectivity index (χ1n) is 3.91. The monoisotopic (exact) mass is 211 g/mol. The van der Waals surface area contributed by atoms with E-state index in [9.17, 15) is 0 Å². The molecule has 0 aliphatic carbocycles. The number of nitrogen functional groups attached to an aromatic ring is 1. The molecule has 0 aliphatic heterocycles. The average molecular weight is 211 g/mol. The molecule has 0 aromatic carbocycles. The SMILES string of the molecule is Cn1cnc(CNc2nc(N)ns2)n1. The summed E-state index contributed by atoms with van der Waals surface area (Å²) in [6.45, 7) is 0.523. The second-order valence-electron chi connectivity index (χ2n) is 2.65. The minimum atomic E-state index is 0.284. The van der Waals surface area contributed by atoms with E-state index >= 15 is 0 Å². The molecule has 7 nitrogen and oxygen atoms in total. The molecule has 0 radical (unpaired) electrons. The van der Waals surface area contributed by atoms with Gasteiger partial charge in [0.25, 0.3) is 0 Å². The van der Waals surface area contributed by atoms with Crippen molar-refractivity contribution in [2.24, 2.45) is 7.05 Å². The van der Waals surface area contributed by atoms with Gasteiger partial charge in [0, 0.05) is 18.6 Å². The number of nitrogens with one attached hydrogen (secondary N) is 1. The summed E-state index contributed by atoms with van der Waals surface area (Å²) in [6, 6.07) is 0. The molecule has 74 valence electrons. The van der Waals surface area contributed by atoms with Crippen LogP contribution >= 0.6 is 11.5 Å². The fraction of sp³-hybridized carbons (Fsp3) is 0.333. The Hall–Kier alpha value is -1.70. The van der Waals surface area contributed by atoms with Crippen LogP contribution < -0.4 is 11.1 Å². The Balaban J connectivity index is 1.94. The predicted molar refractivity (Wildman–Crippen MR) is 52.7 cm³/mol. The summed E-state index contributed by atoms with van der Waals surface area (Å²) in [5.74, 6) is 0.993. The lowest BCUT2D eigenvalue weighted by Crippen LogP contribution is -2.02. The molecule has 0 spiro atoms. The Bertz CT molecular complexity index is 379. The maximum absolute atomic E-state index is 5.36. The highest BCUT2D eigenvalue weighted by Gasteiger charge is 2.02. The van der Waals surface area contributed by atoms with Crippen LogP contribution in [0.25, 0.3) is 0 Å². The van der Waals surface area contributed by atoms with E-state index < -0.39 is 0 Å². The lowest BCUT2D eigenvalue weighted by atomic mass is 10.6. The van der Waals surface area contributed by atoms with Crippen LogP contribution in [0.15, 0.2) is 6.33 Å². The van der Waals surface area contributed by atoms with Gasteiger partial charge in [-0.1, -0.05) is 0 Å². The highest BCUT2D eigenvalue weighted by atomic mass is 32.1. The number of hydrogen-bond acceptors (Lipinski definition) is 7. The molecule has 0 saturated heterocycles. The molecule has 3 N–H and O–H groups in total. The zero-order valence-electron chi connectivity index (χ0n) is 7.51. The van der Waals surface area contributed by atoms with Crippen molar-refractivity contribution in [3.05, 3.63) is 12.2 Å². The molecule has 2 aromatic rings. The summed E-state index contributed by atoms with van der Waals surface area (Å²) in [4.78, 5) is 8.00. The third-order valence-electron chi connectivity index (χ3n) is 1.49. The van der Waals surface area contributed by atoms with Crippen LogP contribution in [0.3, 0.4) is 0 Å². The molecular formula is C6H9N7S. The van der Waals surface area contributed by atoms with Crippen molar-refractivity contribution < 1.29 is 0 Å². The van der Waals surface area contributed by atoms with Gasteiger partial charge in [-0.2, -0.15) is 14.5 Å². The molecule has 0 aliphatic rings.